The molecular weight excluding hydrogens is 346 g/mol. The maximum absolute atomic E-state index is 12.4. The van der Waals surface area contributed by atoms with E-state index in [9.17, 15) is 14.9 Å². The van der Waals surface area contributed by atoms with E-state index in [1.165, 1.54) is 18.6 Å². The van der Waals surface area contributed by atoms with E-state index in [2.05, 4.69) is 4.98 Å². The molecule has 7 nitrogen and oxygen atoms in total. The Morgan fingerprint density at radius 1 is 1.19 bits per heavy atom. The average Bonchev–Trinajstić information content (AvgIpc) is 2.69. The highest BCUT2D eigenvalue weighted by atomic mass is 16.6. The van der Waals surface area contributed by atoms with Crippen LogP contribution in [-0.4, -0.2) is 27.5 Å². The molecule has 1 heterocycles. The summed E-state index contributed by atoms with van der Waals surface area (Å²) >= 11 is 0. The number of nitro groups is 1. The highest BCUT2D eigenvalue weighted by Gasteiger charge is 2.24. The third-order valence-corrected chi connectivity index (χ3v) is 4.95. The maximum atomic E-state index is 12.4. The molecule has 1 aliphatic rings. The molecular formula is C20H23N3O4. The summed E-state index contributed by atoms with van der Waals surface area (Å²) in [5.74, 6) is 0.429. The van der Waals surface area contributed by atoms with Crippen LogP contribution >= 0.6 is 0 Å². The summed E-state index contributed by atoms with van der Waals surface area (Å²) < 4.78 is 5.17. The molecule has 1 aliphatic carbocycles. The first-order chi connectivity index (χ1) is 13.0. The molecule has 0 amide bonds. The number of hydrogen-bond donors (Lipinski definition) is 0. The molecule has 1 saturated carbocycles. The zero-order valence-corrected chi connectivity index (χ0v) is 15.6. The van der Waals surface area contributed by atoms with Gasteiger partial charge in [0.25, 0.3) is 5.69 Å². The average molecular weight is 369 g/mol. The van der Waals surface area contributed by atoms with Crippen LogP contribution in [0.4, 0.5) is 5.69 Å². The normalized spacial score (nSPS) is 14.7. The zero-order chi connectivity index (χ0) is 19.4. The molecule has 1 aromatic heterocycles. The fourth-order valence-corrected chi connectivity index (χ4v) is 3.50. The van der Waals surface area contributed by atoms with Crippen molar-refractivity contribution in [2.75, 3.05) is 6.61 Å². The van der Waals surface area contributed by atoms with Crippen LogP contribution in [0.5, 0.6) is 0 Å². The molecule has 0 spiro atoms. The summed E-state index contributed by atoms with van der Waals surface area (Å²) in [5, 5.41) is 10.9. The largest absolute Gasteiger partial charge is 0.461 e. The van der Waals surface area contributed by atoms with E-state index < -0.39 is 10.9 Å². The van der Waals surface area contributed by atoms with Gasteiger partial charge in [0.2, 0.25) is 0 Å². The topological polar surface area (TPSA) is 95.2 Å². The van der Waals surface area contributed by atoms with Crippen LogP contribution in [0, 0.1) is 17.0 Å². The number of nitrogens with zero attached hydrogens (tertiary/aromatic N) is 3. The molecule has 0 aliphatic heterocycles. The van der Waals surface area contributed by atoms with Gasteiger partial charge in [-0.2, -0.15) is 0 Å². The number of carbonyl (C=O) groups excluding carboxylic acids is 1. The number of rotatable bonds is 5. The molecule has 3 rings (SSSR count). The second-order valence-corrected chi connectivity index (χ2v) is 6.76. The predicted molar refractivity (Wildman–Crippen MR) is 101 cm³/mol. The lowest BCUT2D eigenvalue weighted by molar-refractivity contribution is -0.384. The van der Waals surface area contributed by atoms with Crippen molar-refractivity contribution in [3.05, 3.63) is 51.5 Å². The number of hydrogen-bond acceptors (Lipinski definition) is 6. The highest BCUT2D eigenvalue weighted by Crippen LogP contribution is 2.33. The minimum absolute atomic E-state index is 0.0172. The molecule has 0 unspecified atom stereocenters. The molecule has 0 N–H and O–H groups in total. The van der Waals surface area contributed by atoms with Crippen molar-refractivity contribution in [2.24, 2.45) is 0 Å². The number of nitro benzene ring substituents is 1. The first kappa shape index (κ1) is 18.9. The van der Waals surface area contributed by atoms with E-state index in [1.807, 2.05) is 0 Å². The summed E-state index contributed by atoms with van der Waals surface area (Å²) in [6.45, 7) is 3.81. The molecule has 1 aromatic carbocycles. The van der Waals surface area contributed by atoms with Gasteiger partial charge in [-0.3, -0.25) is 10.1 Å². The molecule has 1 fully saturated rings. The Kier molecular flexibility index (Phi) is 5.78. The molecule has 142 valence electrons. The molecule has 0 bridgehead atoms. The van der Waals surface area contributed by atoms with Crippen LogP contribution in [0.2, 0.25) is 0 Å². The van der Waals surface area contributed by atoms with E-state index in [-0.39, 0.29) is 23.9 Å². The summed E-state index contributed by atoms with van der Waals surface area (Å²) in [6.07, 6.45) is 5.48. The van der Waals surface area contributed by atoms with Gasteiger partial charge in [0.05, 0.1) is 17.2 Å². The van der Waals surface area contributed by atoms with Gasteiger partial charge in [-0.25, -0.2) is 14.8 Å². The minimum atomic E-state index is -0.461. The van der Waals surface area contributed by atoms with Crippen LogP contribution in [-0.2, 0) is 4.74 Å². The van der Waals surface area contributed by atoms with Gasteiger partial charge in [0.15, 0.2) is 5.69 Å². The van der Waals surface area contributed by atoms with Gasteiger partial charge in [-0.1, -0.05) is 19.3 Å². The van der Waals surface area contributed by atoms with Crippen LogP contribution in [0.3, 0.4) is 0 Å². The lowest BCUT2D eigenvalue weighted by Crippen LogP contribution is -2.16. The quantitative estimate of drug-likeness (QED) is 0.435. The number of benzene rings is 1. The van der Waals surface area contributed by atoms with E-state index >= 15 is 0 Å². The van der Waals surface area contributed by atoms with Crippen molar-refractivity contribution in [1.29, 1.82) is 0 Å². The van der Waals surface area contributed by atoms with Gasteiger partial charge in [-0.05, 0) is 38.8 Å². The van der Waals surface area contributed by atoms with Crippen LogP contribution in [0.15, 0.2) is 24.3 Å². The Balaban J connectivity index is 2.08. The van der Waals surface area contributed by atoms with E-state index in [0.29, 0.717) is 17.1 Å². The SMILES string of the molecule is CCOC(=O)c1nc(C2CCCCC2)nc(-c2ccc([N+](=O)[O-])cc2)c1C. The van der Waals surface area contributed by atoms with E-state index in [1.54, 1.807) is 26.0 Å². The van der Waals surface area contributed by atoms with E-state index in [0.717, 1.165) is 31.2 Å². The Hall–Kier alpha value is -2.83. The predicted octanol–water partition coefficient (Wildman–Crippen LogP) is 4.58. The van der Waals surface area contributed by atoms with Gasteiger partial charge in [0.1, 0.15) is 5.82 Å². The van der Waals surface area contributed by atoms with Crippen LogP contribution < -0.4 is 0 Å². The first-order valence-electron chi connectivity index (χ1n) is 9.31. The Morgan fingerprint density at radius 2 is 1.85 bits per heavy atom. The third kappa shape index (κ3) is 4.13. The molecule has 7 heteroatoms. The number of carbonyl (C=O) groups is 1. The summed E-state index contributed by atoms with van der Waals surface area (Å²) in [5.41, 5.74) is 2.28. The number of aromatic nitrogens is 2. The Morgan fingerprint density at radius 3 is 2.44 bits per heavy atom. The third-order valence-electron chi connectivity index (χ3n) is 4.95. The number of non-ortho nitro benzene ring substituents is 1. The van der Waals surface area contributed by atoms with Crippen molar-refractivity contribution in [3.8, 4) is 11.3 Å². The minimum Gasteiger partial charge on any atom is -0.461 e. The summed E-state index contributed by atoms with van der Waals surface area (Å²) in [6, 6.07) is 6.21. The Bertz CT molecular complexity index is 843. The highest BCUT2D eigenvalue weighted by molar-refractivity contribution is 5.90. The number of esters is 1. The smallest absolute Gasteiger partial charge is 0.357 e. The fraction of sp³-hybridized carbons (Fsp3) is 0.450. The summed E-state index contributed by atoms with van der Waals surface area (Å²) in [4.78, 5) is 32.2. The second kappa shape index (κ2) is 8.24. The lowest BCUT2D eigenvalue weighted by atomic mass is 9.88. The molecule has 0 atom stereocenters. The first-order valence-corrected chi connectivity index (χ1v) is 9.31. The lowest BCUT2D eigenvalue weighted by Gasteiger charge is -2.22. The number of ether oxygens (including phenoxy) is 1. The molecule has 2 aromatic rings. The van der Waals surface area contributed by atoms with Gasteiger partial charge in [0, 0.05) is 29.2 Å². The molecule has 0 radical (unpaired) electrons. The van der Waals surface area contributed by atoms with Crippen molar-refractivity contribution in [1.82, 2.24) is 9.97 Å². The van der Waals surface area contributed by atoms with Crippen molar-refractivity contribution in [2.45, 2.75) is 51.9 Å². The summed E-state index contributed by atoms with van der Waals surface area (Å²) in [7, 11) is 0. The van der Waals surface area contributed by atoms with Gasteiger partial charge in [-0.15, -0.1) is 0 Å². The van der Waals surface area contributed by atoms with Crippen molar-refractivity contribution in [3.63, 3.8) is 0 Å². The van der Waals surface area contributed by atoms with Crippen molar-refractivity contribution < 1.29 is 14.5 Å². The van der Waals surface area contributed by atoms with Gasteiger partial charge >= 0.3 is 5.97 Å². The molecule has 0 saturated heterocycles. The van der Waals surface area contributed by atoms with Crippen LogP contribution in [0.1, 0.15) is 66.8 Å². The Labute approximate surface area is 157 Å². The zero-order valence-electron chi connectivity index (χ0n) is 15.6. The van der Waals surface area contributed by atoms with Gasteiger partial charge < -0.3 is 4.74 Å². The molecule has 27 heavy (non-hydrogen) atoms. The monoisotopic (exact) mass is 369 g/mol. The van der Waals surface area contributed by atoms with E-state index in [4.69, 9.17) is 9.72 Å². The maximum Gasteiger partial charge on any atom is 0.357 e. The van der Waals surface area contributed by atoms with Crippen LogP contribution in [0.25, 0.3) is 11.3 Å². The fourth-order valence-electron chi connectivity index (χ4n) is 3.50. The van der Waals surface area contributed by atoms with Crippen molar-refractivity contribution >= 4 is 11.7 Å². The second-order valence-electron chi connectivity index (χ2n) is 6.76. The standard InChI is InChI=1S/C20H23N3O4/c1-3-27-20(24)18-13(2)17(14-9-11-16(12-10-14)23(25)26)21-19(22-18)15-7-5-4-6-8-15/h9-12,15H,3-8H2,1-2H3.